The highest BCUT2D eigenvalue weighted by Gasteiger charge is 2.15. The van der Waals surface area contributed by atoms with Gasteiger partial charge in [0.25, 0.3) is 5.91 Å². The Morgan fingerprint density at radius 3 is 2.62 bits per heavy atom. The minimum Gasteiger partial charge on any atom is -0.436 e. The second kappa shape index (κ2) is 6.22. The summed E-state index contributed by atoms with van der Waals surface area (Å²) in [6.07, 6.45) is 0. The second-order valence-electron chi connectivity index (χ2n) is 5.09. The zero-order valence-corrected chi connectivity index (χ0v) is 14.7. The first-order valence-electron chi connectivity index (χ1n) is 7.22. The predicted octanol–water partition coefficient (Wildman–Crippen LogP) is 5.57. The van der Waals surface area contributed by atoms with Gasteiger partial charge in [0, 0.05) is 0 Å². The molecule has 1 amide bonds. The number of amides is 1. The van der Waals surface area contributed by atoms with E-state index in [0.29, 0.717) is 16.5 Å². The second-order valence-corrected chi connectivity index (χ2v) is 7.55. The number of para-hydroxylation sites is 3. The lowest BCUT2D eigenvalue weighted by atomic mass is 10.1. The quantitative estimate of drug-likeness (QED) is 0.490. The van der Waals surface area contributed by atoms with E-state index in [9.17, 15) is 4.79 Å². The smallest absolute Gasteiger partial charge is 0.265 e. The molecule has 0 fully saturated rings. The number of carbonyl (C=O) groups is 1. The van der Waals surface area contributed by atoms with E-state index < -0.39 is 0 Å². The summed E-state index contributed by atoms with van der Waals surface area (Å²) < 4.78 is 6.74. The molecule has 4 aromatic rings. The van der Waals surface area contributed by atoms with Crippen LogP contribution in [-0.4, -0.2) is 10.9 Å². The maximum atomic E-state index is 12.4. The number of hydrogen-bond donors (Lipinski definition) is 1. The summed E-state index contributed by atoms with van der Waals surface area (Å²) in [5.74, 6) is 0.328. The van der Waals surface area contributed by atoms with Gasteiger partial charge in [0.15, 0.2) is 5.58 Å². The molecule has 0 bridgehead atoms. The first kappa shape index (κ1) is 15.1. The molecule has 0 radical (unpaired) electrons. The van der Waals surface area contributed by atoms with Crippen LogP contribution in [0.1, 0.15) is 9.67 Å². The molecule has 0 aliphatic carbocycles. The minimum absolute atomic E-state index is 0.158. The Kier molecular flexibility index (Phi) is 3.92. The third-order valence-corrected chi connectivity index (χ3v) is 5.12. The zero-order chi connectivity index (χ0) is 16.5. The van der Waals surface area contributed by atoms with Crippen LogP contribution in [0.5, 0.6) is 0 Å². The summed E-state index contributed by atoms with van der Waals surface area (Å²) >= 11 is 4.76. The molecule has 118 valence electrons. The predicted molar refractivity (Wildman–Crippen MR) is 99.4 cm³/mol. The van der Waals surface area contributed by atoms with Crippen molar-refractivity contribution in [2.24, 2.45) is 0 Å². The van der Waals surface area contributed by atoms with Crippen molar-refractivity contribution >= 4 is 50.0 Å². The lowest BCUT2D eigenvalue weighted by Crippen LogP contribution is -2.10. The van der Waals surface area contributed by atoms with Crippen LogP contribution in [0.2, 0.25) is 0 Å². The molecule has 2 heterocycles. The largest absolute Gasteiger partial charge is 0.436 e. The van der Waals surface area contributed by atoms with Crippen molar-refractivity contribution in [1.82, 2.24) is 4.98 Å². The van der Waals surface area contributed by atoms with Crippen molar-refractivity contribution in [3.05, 3.63) is 69.3 Å². The van der Waals surface area contributed by atoms with Gasteiger partial charge in [-0.3, -0.25) is 4.79 Å². The normalized spacial score (nSPS) is 10.9. The minimum atomic E-state index is -0.158. The third-order valence-electron chi connectivity index (χ3n) is 3.50. The van der Waals surface area contributed by atoms with Crippen molar-refractivity contribution in [2.45, 2.75) is 0 Å². The number of anilines is 1. The molecule has 4 nitrogen and oxygen atoms in total. The average Bonchev–Trinajstić information content (AvgIpc) is 3.21. The molecule has 0 aliphatic heterocycles. The maximum Gasteiger partial charge on any atom is 0.265 e. The van der Waals surface area contributed by atoms with E-state index in [-0.39, 0.29) is 5.91 Å². The molecule has 0 unspecified atom stereocenters. The number of nitrogens with zero attached hydrogens (tertiary/aromatic N) is 1. The van der Waals surface area contributed by atoms with Crippen molar-refractivity contribution in [3.8, 4) is 11.5 Å². The fraction of sp³-hybridized carbons (Fsp3) is 0. The number of oxazole rings is 1. The number of benzene rings is 2. The van der Waals surface area contributed by atoms with Gasteiger partial charge in [0.1, 0.15) is 5.52 Å². The lowest BCUT2D eigenvalue weighted by Gasteiger charge is -2.07. The van der Waals surface area contributed by atoms with Gasteiger partial charge in [0.2, 0.25) is 5.89 Å². The summed E-state index contributed by atoms with van der Waals surface area (Å²) in [7, 11) is 0. The van der Waals surface area contributed by atoms with Crippen molar-refractivity contribution in [3.63, 3.8) is 0 Å². The third kappa shape index (κ3) is 2.86. The number of carbonyl (C=O) groups excluding carboxylic acids is 1. The molecule has 2 aromatic carbocycles. The maximum absolute atomic E-state index is 12.4. The Hall–Kier alpha value is -2.44. The molecule has 0 aliphatic rings. The Labute approximate surface area is 150 Å². The molecule has 2 aromatic heterocycles. The number of halogens is 1. The fourth-order valence-electron chi connectivity index (χ4n) is 2.39. The Bertz CT molecular complexity index is 1010. The number of rotatable bonds is 3. The molecule has 0 saturated carbocycles. The van der Waals surface area contributed by atoms with Crippen LogP contribution in [0.25, 0.3) is 22.6 Å². The highest BCUT2D eigenvalue weighted by Crippen LogP contribution is 2.31. The van der Waals surface area contributed by atoms with Crippen LogP contribution < -0.4 is 5.32 Å². The summed E-state index contributed by atoms with van der Waals surface area (Å²) in [4.78, 5) is 17.5. The van der Waals surface area contributed by atoms with Crippen LogP contribution in [0, 0.1) is 0 Å². The Morgan fingerprint density at radius 1 is 1.04 bits per heavy atom. The van der Waals surface area contributed by atoms with Gasteiger partial charge in [0.05, 0.1) is 19.9 Å². The lowest BCUT2D eigenvalue weighted by molar-refractivity contribution is 0.103. The first-order chi connectivity index (χ1) is 11.7. The van der Waals surface area contributed by atoms with Crippen molar-refractivity contribution < 1.29 is 9.21 Å². The van der Waals surface area contributed by atoms with Gasteiger partial charge < -0.3 is 9.73 Å². The number of hydrogen-bond acceptors (Lipinski definition) is 4. The Balaban J connectivity index is 1.71. The zero-order valence-electron chi connectivity index (χ0n) is 12.3. The molecule has 6 heteroatoms. The number of fused-ring (bicyclic) bond motifs is 1. The summed E-state index contributed by atoms with van der Waals surface area (Å²) in [5, 5.41) is 2.93. The van der Waals surface area contributed by atoms with E-state index in [2.05, 4.69) is 26.2 Å². The van der Waals surface area contributed by atoms with Crippen LogP contribution in [0.4, 0.5) is 5.69 Å². The molecule has 0 spiro atoms. The molecule has 0 atom stereocenters. The van der Waals surface area contributed by atoms with E-state index in [0.717, 1.165) is 20.4 Å². The number of thiophene rings is 1. The van der Waals surface area contributed by atoms with Gasteiger partial charge in [-0.2, -0.15) is 0 Å². The van der Waals surface area contributed by atoms with Crippen molar-refractivity contribution in [2.75, 3.05) is 5.32 Å². The van der Waals surface area contributed by atoms with Crippen molar-refractivity contribution in [1.29, 1.82) is 0 Å². The van der Waals surface area contributed by atoms with Gasteiger partial charge in [-0.05, 0) is 52.3 Å². The van der Waals surface area contributed by atoms with Crippen LogP contribution in [-0.2, 0) is 0 Å². The SMILES string of the molecule is O=C(Nc1ccccc1-c1nc2ccccc2o1)c1ccc(Br)s1. The molecule has 4 rings (SSSR count). The fourth-order valence-corrected chi connectivity index (χ4v) is 3.67. The molecule has 24 heavy (non-hydrogen) atoms. The van der Waals surface area contributed by atoms with Crippen LogP contribution in [0.3, 0.4) is 0 Å². The van der Waals surface area contributed by atoms with E-state index in [4.69, 9.17) is 4.42 Å². The molecular weight excluding hydrogens is 388 g/mol. The monoisotopic (exact) mass is 398 g/mol. The van der Waals surface area contributed by atoms with Gasteiger partial charge in [-0.15, -0.1) is 11.3 Å². The molecular formula is C18H11BrN2O2S. The average molecular weight is 399 g/mol. The summed E-state index contributed by atoms with van der Waals surface area (Å²) in [6, 6.07) is 18.7. The number of nitrogens with one attached hydrogen (secondary N) is 1. The molecule has 0 saturated heterocycles. The summed E-state index contributed by atoms with van der Waals surface area (Å²) in [5.41, 5.74) is 2.92. The molecule has 1 N–H and O–H groups in total. The number of aromatic nitrogens is 1. The van der Waals surface area contributed by atoms with E-state index >= 15 is 0 Å². The van der Waals surface area contributed by atoms with E-state index in [1.807, 2.05) is 54.6 Å². The highest BCUT2D eigenvalue weighted by atomic mass is 79.9. The highest BCUT2D eigenvalue weighted by molar-refractivity contribution is 9.11. The van der Waals surface area contributed by atoms with Crippen LogP contribution >= 0.6 is 27.3 Å². The van der Waals surface area contributed by atoms with E-state index in [1.165, 1.54) is 11.3 Å². The first-order valence-corrected chi connectivity index (χ1v) is 8.83. The topological polar surface area (TPSA) is 55.1 Å². The van der Waals surface area contributed by atoms with E-state index in [1.54, 1.807) is 6.07 Å². The van der Waals surface area contributed by atoms with Gasteiger partial charge >= 0.3 is 0 Å². The summed E-state index contributed by atoms with van der Waals surface area (Å²) in [6.45, 7) is 0. The van der Waals surface area contributed by atoms with Gasteiger partial charge in [-0.1, -0.05) is 24.3 Å². The Morgan fingerprint density at radius 2 is 1.83 bits per heavy atom. The van der Waals surface area contributed by atoms with Gasteiger partial charge in [-0.25, -0.2) is 4.98 Å². The standard InChI is InChI=1S/C18H11BrN2O2S/c19-16-10-9-15(24-16)17(22)20-12-6-2-1-5-11(12)18-21-13-7-3-4-8-14(13)23-18/h1-10H,(H,20,22). The van der Waals surface area contributed by atoms with Crippen LogP contribution in [0.15, 0.2) is 68.9 Å².